The van der Waals surface area contributed by atoms with Crippen LogP contribution in [0.1, 0.15) is 23.6 Å². The Balaban J connectivity index is 2.47. The summed E-state index contributed by atoms with van der Waals surface area (Å²) in [5.41, 5.74) is 0. The van der Waals surface area contributed by atoms with Crippen molar-refractivity contribution in [3.63, 3.8) is 0 Å². The van der Waals surface area contributed by atoms with Crippen LogP contribution in [0, 0.1) is 0 Å². The third-order valence-electron chi connectivity index (χ3n) is 1.48. The molecule has 0 amide bonds. The van der Waals surface area contributed by atoms with Gasteiger partial charge in [-0.05, 0) is 18.6 Å². The van der Waals surface area contributed by atoms with Crippen LogP contribution in [0.15, 0.2) is 12.1 Å². The van der Waals surface area contributed by atoms with Crippen molar-refractivity contribution in [3.8, 4) is 0 Å². The third-order valence-corrected chi connectivity index (χ3v) is 2.69. The highest BCUT2D eigenvalue weighted by Gasteiger charge is 1.99. The second kappa shape index (κ2) is 4.26. The first-order valence-electron chi connectivity index (χ1n) is 3.93. The zero-order chi connectivity index (χ0) is 8.97. The number of hydrogen-bond donors (Lipinski definition) is 0. The Morgan fingerprint density at radius 3 is 2.67 bits per heavy atom. The van der Waals surface area contributed by atoms with Gasteiger partial charge in [0.05, 0.1) is 0 Å². The number of aryl methyl sites for hydroxylation is 1. The quantitative estimate of drug-likeness (QED) is 0.674. The van der Waals surface area contributed by atoms with Crippen LogP contribution in [0.4, 0.5) is 0 Å². The molecule has 1 rings (SSSR count). The van der Waals surface area contributed by atoms with Gasteiger partial charge in [0.15, 0.2) is 0 Å². The van der Waals surface area contributed by atoms with E-state index < -0.39 is 0 Å². The standard InChI is InChI=1S/C9H12O2S/c1-3-8-4-5-9(12-8)6-11-7(2)10/h4-5H,3,6H2,1-2H3. The summed E-state index contributed by atoms with van der Waals surface area (Å²) in [7, 11) is 0. The van der Waals surface area contributed by atoms with Crippen LogP contribution in [0.5, 0.6) is 0 Å². The summed E-state index contributed by atoms with van der Waals surface area (Å²) >= 11 is 1.70. The monoisotopic (exact) mass is 184 g/mol. The molecule has 0 unspecified atom stereocenters. The molecule has 0 N–H and O–H groups in total. The fourth-order valence-electron chi connectivity index (χ4n) is 0.863. The van der Waals surface area contributed by atoms with E-state index in [2.05, 4.69) is 13.0 Å². The molecule has 1 heterocycles. The normalized spacial score (nSPS) is 9.83. The molecular weight excluding hydrogens is 172 g/mol. The number of carbonyl (C=O) groups is 1. The summed E-state index contributed by atoms with van der Waals surface area (Å²) in [6.07, 6.45) is 1.05. The van der Waals surface area contributed by atoms with Crippen molar-refractivity contribution < 1.29 is 9.53 Å². The summed E-state index contributed by atoms with van der Waals surface area (Å²) in [4.78, 5) is 12.9. The Labute approximate surface area is 76.2 Å². The Morgan fingerprint density at radius 1 is 1.50 bits per heavy atom. The van der Waals surface area contributed by atoms with Crippen LogP contribution in [-0.4, -0.2) is 5.97 Å². The largest absolute Gasteiger partial charge is 0.460 e. The summed E-state index contributed by atoms with van der Waals surface area (Å²) in [5, 5.41) is 0. The Kier molecular flexibility index (Phi) is 3.29. The fraction of sp³-hybridized carbons (Fsp3) is 0.444. The van der Waals surface area contributed by atoms with Gasteiger partial charge in [0.1, 0.15) is 6.61 Å². The first kappa shape index (κ1) is 9.26. The van der Waals surface area contributed by atoms with Crippen molar-refractivity contribution >= 4 is 17.3 Å². The van der Waals surface area contributed by atoms with Crippen LogP contribution in [0.2, 0.25) is 0 Å². The smallest absolute Gasteiger partial charge is 0.302 e. The Morgan fingerprint density at radius 2 is 2.17 bits per heavy atom. The zero-order valence-electron chi connectivity index (χ0n) is 7.29. The van der Waals surface area contributed by atoms with Crippen LogP contribution < -0.4 is 0 Å². The van der Waals surface area contributed by atoms with Crippen molar-refractivity contribution in [2.24, 2.45) is 0 Å². The molecule has 1 aromatic rings. The maximum absolute atomic E-state index is 10.5. The SMILES string of the molecule is CCc1ccc(COC(C)=O)s1. The number of esters is 1. The highest BCUT2D eigenvalue weighted by Crippen LogP contribution is 2.17. The molecule has 0 aromatic carbocycles. The van der Waals surface area contributed by atoms with Gasteiger partial charge in [0.25, 0.3) is 0 Å². The van der Waals surface area contributed by atoms with Gasteiger partial charge in [0, 0.05) is 16.7 Å². The van der Waals surface area contributed by atoms with Crippen molar-refractivity contribution in [3.05, 3.63) is 21.9 Å². The van der Waals surface area contributed by atoms with Crippen LogP contribution >= 0.6 is 11.3 Å². The lowest BCUT2D eigenvalue weighted by atomic mass is 10.4. The molecule has 1 aromatic heterocycles. The first-order chi connectivity index (χ1) is 5.72. The topological polar surface area (TPSA) is 26.3 Å². The molecule has 3 heteroatoms. The second-order valence-corrected chi connectivity index (χ2v) is 3.75. The molecule has 12 heavy (non-hydrogen) atoms. The second-order valence-electron chi connectivity index (χ2n) is 2.50. The van der Waals surface area contributed by atoms with Gasteiger partial charge in [-0.25, -0.2) is 0 Å². The van der Waals surface area contributed by atoms with Crippen LogP contribution in [0.25, 0.3) is 0 Å². The van der Waals surface area contributed by atoms with Gasteiger partial charge >= 0.3 is 5.97 Å². The highest BCUT2D eigenvalue weighted by molar-refractivity contribution is 7.11. The molecule has 66 valence electrons. The lowest BCUT2D eigenvalue weighted by molar-refractivity contribution is -0.142. The Bertz CT molecular complexity index is 265. The van der Waals surface area contributed by atoms with E-state index >= 15 is 0 Å². The maximum atomic E-state index is 10.5. The van der Waals surface area contributed by atoms with Gasteiger partial charge in [-0.2, -0.15) is 0 Å². The zero-order valence-corrected chi connectivity index (χ0v) is 8.11. The van der Waals surface area contributed by atoms with Gasteiger partial charge in [-0.1, -0.05) is 6.92 Å². The molecular formula is C9H12O2S. The lowest BCUT2D eigenvalue weighted by Crippen LogP contribution is -1.96. The highest BCUT2D eigenvalue weighted by atomic mass is 32.1. The molecule has 0 saturated heterocycles. The summed E-state index contributed by atoms with van der Waals surface area (Å²) < 4.78 is 4.86. The lowest BCUT2D eigenvalue weighted by Gasteiger charge is -1.96. The van der Waals surface area contributed by atoms with Crippen molar-refractivity contribution in [2.45, 2.75) is 26.9 Å². The van der Waals surface area contributed by atoms with Gasteiger partial charge < -0.3 is 4.74 Å². The van der Waals surface area contributed by atoms with Gasteiger partial charge in [0.2, 0.25) is 0 Å². The predicted octanol–water partition coefficient (Wildman–Crippen LogP) is 2.37. The number of thiophene rings is 1. The minimum atomic E-state index is -0.221. The van der Waals surface area contributed by atoms with E-state index in [0.29, 0.717) is 6.61 Å². The summed E-state index contributed by atoms with van der Waals surface area (Å²) in [6, 6.07) is 4.08. The van der Waals surface area contributed by atoms with Crippen molar-refractivity contribution in [1.29, 1.82) is 0 Å². The van der Waals surface area contributed by atoms with E-state index in [0.717, 1.165) is 11.3 Å². The number of carbonyl (C=O) groups excluding carboxylic acids is 1. The molecule has 0 fully saturated rings. The van der Waals surface area contributed by atoms with Crippen molar-refractivity contribution in [2.75, 3.05) is 0 Å². The van der Waals surface area contributed by atoms with E-state index in [-0.39, 0.29) is 5.97 Å². The average molecular weight is 184 g/mol. The molecule has 0 bridgehead atoms. The molecule has 0 saturated carbocycles. The average Bonchev–Trinajstić information content (AvgIpc) is 2.48. The molecule has 0 radical (unpaired) electrons. The Hall–Kier alpha value is -0.830. The van der Waals surface area contributed by atoms with E-state index in [1.807, 2.05) is 6.07 Å². The summed E-state index contributed by atoms with van der Waals surface area (Å²) in [5.74, 6) is -0.221. The first-order valence-corrected chi connectivity index (χ1v) is 4.75. The van der Waals surface area contributed by atoms with Crippen molar-refractivity contribution in [1.82, 2.24) is 0 Å². The molecule has 0 aliphatic carbocycles. The minimum Gasteiger partial charge on any atom is -0.460 e. The number of hydrogen-bond acceptors (Lipinski definition) is 3. The van der Waals surface area contributed by atoms with Gasteiger partial charge in [-0.3, -0.25) is 4.79 Å². The van der Waals surface area contributed by atoms with Crippen LogP contribution in [0.3, 0.4) is 0 Å². The summed E-state index contributed by atoms with van der Waals surface area (Å²) in [6.45, 7) is 3.95. The minimum absolute atomic E-state index is 0.221. The third kappa shape index (κ3) is 2.66. The molecule has 2 nitrogen and oxygen atoms in total. The molecule has 0 aliphatic rings. The van der Waals surface area contributed by atoms with E-state index in [1.54, 1.807) is 11.3 Å². The van der Waals surface area contributed by atoms with Gasteiger partial charge in [-0.15, -0.1) is 11.3 Å². The number of ether oxygens (including phenoxy) is 1. The van der Waals surface area contributed by atoms with E-state index in [9.17, 15) is 4.79 Å². The van der Waals surface area contributed by atoms with Crippen LogP contribution in [-0.2, 0) is 22.6 Å². The van der Waals surface area contributed by atoms with E-state index in [1.165, 1.54) is 11.8 Å². The molecule has 0 aliphatic heterocycles. The fourth-order valence-corrected chi connectivity index (χ4v) is 1.73. The number of rotatable bonds is 3. The maximum Gasteiger partial charge on any atom is 0.302 e. The molecule has 0 atom stereocenters. The predicted molar refractivity (Wildman–Crippen MR) is 49.2 cm³/mol. The van der Waals surface area contributed by atoms with E-state index in [4.69, 9.17) is 4.74 Å². The molecule has 0 spiro atoms.